The summed E-state index contributed by atoms with van der Waals surface area (Å²) in [5.74, 6) is -0.551. The lowest BCUT2D eigenvalue weighted by molar-refractivity contribution is -0.146. The molecular formula is C17H24N2O6S. The third kappa shape index (κ3) is 5.79. The molecule has 0 radical (unpaired) electrons. The van der Waals surface area contributed by atoms with E-state index in [0.717, 1.165) is 12.0 Å². The Kier molecular flexibility index (Phi) is 7.13. The number of ether oxygens (including phenoxy) is 2. The van der Waals surface area contributed by atoms with Crippen LogP contribution in [-0.4, -0.2) is 51.1 Å². The Morgan fingerprint density at radius 3 is 2.54 bits per heavy atom. The Morgan fingerprint density at radius 2 is 2.00 bits per heavy atom. The van der Waals surface area contributed by atoms with E-state index in [-0.39, 0.29) is 42.9 Å². The van der Waals surface area contributed by atoms with Gasteiger partial charge in [-0.05, 0) is 37.5 Å². The zero-order chi connectivity index (χ0) is 19.2. The van der Waals surface area contributed by atoms with Gasteiger partial charge in [-0.1, -0.05) is 12.1 Å². The maximum absolute atomic E-state index is 12.7. The number of sulfonamides is 1. The first-order valence-electron chi connectivity index (χ1n) is 8.49. The molecule has 0 aliphatic carbocycles. The molecule has 1 atom stereocenters. The molecule has 0 aromatic heterocycles. The minimum Gasteiger partial charge on any atom is -0.466 e. The van der Waals surface area contributed by atoms with Crippen LogP contribution in [0.5, 0.6) is 0 Å². The SMILES string of the molecule is CCOC(=O)CCN(Cc1ccc(S(N)(=O)=O)cc1)C(=O)C1CCCO1. The summed E-state index contributed by atoms with van der Waals surface area (Å²) in [5, 5.41) is 5.09. The standard InChI is InChI=1S/C17H24N2O6S/c1-2-24-16(20)9-10-19(17(21)15-4-3-11-25-15)12-13-5-7-14(8-6-13)26(18,22)23/h5-8,15H,2-4,9-12H2,1H3,(H2,18,22,23). The molecule has 0 bridgehead atoms. The third-order valence-electron chi connectivity index (χ3n) is 4.03. The highest BCUT2D eigenvalue weighted by Crippen LogP contribution is 2.18. The maximum atomic E-state index is 12.7. The van der Waals surface area contributed by atoms with Crippen molar-refractivity contribution in [2.75, 3.05) is 19.8 Å². The number of carbonyl (C=O) groups excluding carboxylic acids is 2. The summed E-state index contributed by atoms with van der Waals surface area (Å²) in [6, 6.07) is 5.98. The van der Waals surface area contributed by atoms with Gasteiger partial charge < -0.3 is 14.4 Å². The molecule has 8 nitrogen and oxygen atoms in total. The second kappa shape index (κ2) is 9.11. The summed E-state index contributed by atoms with van der Waals surface area (Å²) in [6.07, 6.45) is 1.06. The van der Waals surface area contributed by atoms with Crippen LogP contribution in [0.1, 0.15) is 31.7 Å². The first kappa shape index (κ1) is 20.3. The number of nitrogens with zero attached hydrogens (tertiary/aromatic N) is 1. The van der Waals surface area contributed by atoms with Gasteiger partial charge >= 0.3 is 5.97 Å². The molecular weight excluding hydrogens is 360 g/mol. The fourth-order valence-corrected chi connectivity index (χ4v) is 3.22. The van der Waals surface area contributed by atoms with Gasteiger partial charge in [-0.15, -0.1) is 0 Å². The van der Waals surface area contributed by atoms with Crippen molar-refractivity contribution in [1.29, 1.82) is 0 Å². The molecule has 2 N–H and O–H groups in total. The Balaban J connectivity index is 2.09. The first-order valence-corrected chi connectivity index (χ1v) is 10.0. The number of primary sulfonamides is 1. The molecule has 1 aliphatic rings. The fraction of sp³-hybridized carbons (Fsp3) is 0.529. The molecule has 1 unspecified atom stereocenters. The number of benzene rings is 1. The number of hydrogen-bond acceptors (Lipinski definition) is 6. The topological polar surface area (TPSA) is 116 Å². The van der Waals surface area contributed by atoms with Crippen molar-refractivity contribution in [1.82, 2.24) is 4.90 Å². The van der Waals surface area contributed by atoms with Crippen LogP contribution in [0.15, 0.2) is 29.2 Å². The van der Waals surface area contributed by atoms with Crippen LogP contribution in [0.2, 0.25) is 0 Å². The van der Waals surface area contributed by atoms with Gasteiger partial charge in [0.1, 0.15) is 6.10 Å². The summed E-state index contributed by atoms with van der Waals surface area (Å²) in [5.41, 5.74) is 0.729. The Labute approximate surface area is 153 Å². The van der Waals surface area contributed by atoms with Crippen LogP contribution >= 0.6 is 0 Å². The highest BCUT2D eigenvalue weighted by Gasteiger charge is 2.28. The summed E-state index contributed by atoms with van der Waals surface area (Å²) < 4.78 is 33.0. The van der Waals surface area contributed by atoms with Gasteiger partial charge in [-0.3, -0.25) is 9.59 Å². The predicted octanol–water partition coefficient (Wildman–Crippen LogP) is 0.795. The number of carbonyl (C=O) groups is 2. The van der Waals surface area contributed by atoms with E-state index < -0.39 is 16.1 Å². The van der Waals surface area contributed by atoms with Gasteiger partial charge in [0.05, 0.1) is 17.9 Å². The molecule has 26 heavy (non-hydrogen) atoms. The van der Waals surface area contributed by atoms with Crippen LogP contribution in [0.4, 0.5) is 0 Å². The van der Waals surface area contributed by atoms with E-state index in [4.69, 9.17) is 14.6 Å². The van der Waals surface area contributed by atoms with E-state index in [1.165, 1.54) is 12.1 Å². The average Bonchev–Trinajstić information content (AvgIpc) is 3.12. The van der Waals surface area contributed by atoms with Crippen LogP contribution in [0, 0.1) is 0 Å². The summed E-state index contributed by atoms with van der Waals surface area (Å²) >= 11 is 0. The molecule has 1 saturated heterocycles. The largest absolute Gasteiger partial charge is 0.466 e. The maximum Gasteiger partial charge on any atom is 0.307 e. The highest BCUT2D eigenvalue weighted by atomic mass is 32.2. The van der Waals surface area contributed by atoms with Crippen molar-refractivity contribution >= 4 is 21.9 Å². The van der Waals surface area contributed by atoms with Crippen LogP contribution in [0.25, 0.3) is 0 Å². The molecule has 9 heteroatoms. The zero-order valence-corrected chi connectivity index (χ0v) is 15.5. The quantitative estimate of drug-likeness (QED) is 0.663. The van der Waals surface area contributed by atoms with Gasteiger partial charge in [-0.2, -0.15) is 0 Å². The van der Waals surface area contributed by atoms with Gasteiger partial charge in [0.15, 0.2) is 0 Å². The molecule has 1 aliphatic heterocycles. The molecule has 0 saturated carbocycles. The van der Waals surface area contributed by atoms with E-state index >= 15 is 0 Å². The Hall–Kier alpha value is -1.97. The molecule has 2 rings (SSSR count). The van der Waals surface area contributed by atoms with E-state index in [1.807, 2.05) is 0 Å². The molecule has 0 spiro atoms. The Morgan fingerprint density at radius 1 is 1.31 bits per heavy atom. The Bertz CT molecular complexity index is 726. The number of rotatable bonds is 8. The highest BCUT2D eigenvalue weighted by molar-refractivity contribution is 7.89. The summed E-state index contributed by atoms with van der Waals surface area (Å²) in [7, 11) is -3.77. The minimum atomic E-state index is -3.77. The molecule has 1 heterocycles. The van der Waals surface area contributed by atoms with Gasteiger partial charge in [-0.25, -0.2) is 13.6 Å². The fourth-order valence-electron chi connectivity index (χ4n) is 2.71. The predicted molar refractivity (Wildman–Crippen MR) is 93.5 cm³/mol. The number of hydrogen-bond donors (Lipinski definition) is 1. The first-order chi connectivity index (χ1) is 12.3. The van der Waals surface area contributed by atoms with E-state index in [1.54, 1.807) is 24.0 Å². The van der Waals surface area contributed by atoms with Crippen molar-refractivity contribution in [2.45, 2.75) is 43.7 Å². The van der Waals surface area contributed by atoms with Crippen molar-refractivity contribution < 1.29 is 27.5 Å². The smallest absolute Gasteiger partial charge is 0.307 e. The monoisotopic (exact) mass is 384 g/mol. The second-order valence-corrected chi connectivity index (χ2v) is 7.57. The van der Waals surface area contributed by atoms with E-state index in [2.05, 4.69) is 0 Å². The molecule has 1 fully saturated rings. The zero-order valence-electron chi connectivity index (χ0n) is 14.7. The number of esters is 1. The van der Waals surface area contributed by atoms with Gasteiger partial charge in [0, 0.05) is 19.7 Å². The summed E-state index contributed by atoms with van der Waals surface area (Å²) in [4.78, 5) is 25.9. The van der Waals surface area contributed by atoms with Gasteiger partial charge in [0.25, 0.3) is 5.91 Å². The third-order valence-corrected chi connectivity index (χ3v) is 4.96. The second-order valence-electron chi connectivity index (χ2n) is 6.01. The van der Waals surface area contributed by atoms with Crippen LogP contribution < -0.4 is 5.14 Å². The van der Waals surface area contributed by atoms with Gasteiger partial charge in [0.2, 0.25) is 10.0 Å². The lowest BCUT2D eigenvalue weighted by Crippen LogP contribution is -2.39. The van der Waals surface area contributed by atoms with Crippen molar-refractivity contribution in [3.8, 4) is 0 Å². The lowest BCUT2D eigenvalue weighted by atomic mass is 10.1. The lowest BCUT2D eigenvalue weighted by Gasteiger charge is -2.25. The molecule has 1 aromatic rings. The summed E-state index contributed by atoms with van der Waals surface area (Å²) in [6.45, 7) is 3.00. The van der Waals surface area contributed by atoms with Crippen LogP contribution in [-0.2, 0) is 35.6 Å². The van der Waals surface area contributed by atoms with Crippen molar-refractivity contribution in [3.63, 3.8) is 0 Å². The number of amides is 1. The van der Waals surface area contributed by atoms with E-state index in [0.29, 0.717) is 13.0 Å². The van der Waals surface area contributed by atoms with Crippen molar-refractivity contribution in [3.05, 3.63) is 29.8 Å². The van der Waals surface area contributed by atoms with Crippen molar-refractivity contribution in [2.24, 2.45) is 5.14 Å². The number of nitrogens with two attached hydrogens (primary N) is 1. The molecule has 1 aromatic carbocycles. The average molecular weight is 384 g/mol. The van der Waals surface area contributed by atoms with E-state index in [9.17, 15) is 18.0 Å². The minimum absolute atomic E-state index is 0.00442. The molecule has 144 valence electrons. The van der Waals surface area contributed by atoms with Crippen LogP contribution in [0.3, 0.4) is 0 Å². The normalized spacial score (nSPS) is 17.1. The molecule has 1 amide bonds.